The number of fused-ring (bicyclic) bond motifs is 1. The summed E-state index contributed by atoms with van der Waals surface area (Å²) < 4.78 is 6.90. The monoisotopic (exact) mass is 323 g/mol. The van der Waals surface area contributed by atoms with E-state index >= 15 is 0 Å². The molecule has 2 aromatic heterocycles. The zero-order valence-corrected chi connectivity index (χ0v) is 13.9. The van der Waals surface area contributed by atoms with Crippen LogP contribution >= 0.6 is 11.8 Å². The molecule has 0 atom stereocenters. The normalized spacial score (nSPS) is 11.0. The van der Waals surface area contributed by atoms with Gasteiger partial charge in [0.2, 0.25) is 11.1 Å². The summed E-state index contributed by atoms with van der Waals surface area (Å²) in [4.78, 5) is 20.4. The topological polar surface area (TPSA) is 81.4 Å². The number of carbonyl (C=O) groups is 1. The number of nitrogens with one attached hydrogen (secondary N) is 1. The number of hydrogen-bond acceptors (Lipinski definition) is 6. The van der Waals surface area contributed by atoms with Crippen LogP contribution in [0.1, 0.15) is 24.7 Å². The predicted octanol–water partition coefficient (Wildman–Crippen LogP) is 1.38. The van der Waals surface area contributed by atoms with Gasteiger partial charge in [0.1, 0.15) is 0 Å². The largest absolute Gasteiger partial charge is 0.382 e. The molecule has 22 heavy (non-hydrogen) atoms. The van der Waals surface area contributed by atoms with Crippen LogP contribution in [0.2, 0.25) is 0 Å². The Bertz CT molecular complexity index is 643. The van der Waals surface area contributed by atoms with Crippen LogP contribution in [-0.2, 0) is 9.53 Å². The maximum atomic E-state index is 11.7. The second-order valence-corrected chi connectivity index (χ2v) is 5.78. The third-order valence-corrected chi connectivity index (χ3v) is 3.76. The lowest BCUT2D eigenvalue weighted by Crippen LogP contribution is -2.26. The van der Waals surface area contributed by atoms with Gasteiger partial charge in [-0.2, -0.15) is 4.98 Å². The average molecular weight is 323 g/mol. The second kappa shape index (κ2) is 8.09. The van der Waals surface area contributed by atoms with Gasteiger partial charge in [-0.05, 0) is 33.3 Å². The molecule has 0 radical (unpaired) electrons. The molecule has 0 bridgehead atoms. The summed E-state index contributed by atoms with van der Waals surface area (Å²) in [6, 6.07) is 1.95. The molecule has 1 amide bonds. The Morgan fingerprint density at radius 3 is 3.00 bits per heavy atom. The molecule has 8 heteroatoms. The van der Waals surface area contributed by atoms with E-state index in [2.05, 4.69) is 20.4 Å². The molecule has 120 valence electrons. The Balaban J connectivity index is 1.81. The van der Waals surface area contributed by atoms with Crippen LogP contribution in [0.5, 0.6) is 0 Å². The van der Waals surface area contributed by atoms with Crippen molar-refractivity contribution in [3.05, 3.63) is 17.5 Å². The third-order valence-electron chi connectivity index (χ3n) is 2.92. The van der Waals surface area contributed by atoms with E-state index in [0.717, 1.165) is 17.8 Å². The number of hydrogen-bond donors (Lipinski definition) is 1. The molecular formula is C14H21N5O2S. The summed E-state index contributed by atoms with van der Waals surface area (Å²) in [7, 11) is 0. The molecule has 2 rings (SSSR count). The quantitative estimate of drug-likeness (QED) is 0.584. The molecule has 0 spiro atoms. The van der Waals surface area contributed by atoms with Crippen molar-refractivity contribution in [1.82, 2.24) is 24.9 Å². The molecule has 0 saturated heterocycles. The maximum Gasteiger partial charge on any atom is 0.253 e. The lowest BCUT2D eigenvalue weighted by Gasteiger charge is -2.03. The highest BCUT2D eigenvalue weighted by molar-refractivity contribution is 7.99. The average Bonchev–Trinajstić information content (AvgIpc) is 2.88. The third kappa shape index (κ3) is 4.67. The lowest BCUT2D eigenvalue weighted by molar-refractivity contribution is -0.118. The van der Waals surface area contributed by atoms with Crippen LogP contribution in [0.4, 0.5) is 0 Å². The number of nitrogens with zero attached hydrogens (tertiary/aromatic N) is 4. The molecule has 0 saturated carbocycles. The highest BCUT2D eigenvalue weighted by atomic mass is 32.2. The van der Waals surface area contributed by atoms with E-state index < -0.39 is 0 Å². The van der Waals surface area contributed by atoms with E-state index in [4.69, 9.17) is 4.74 Å². The van der Waals surface area contributed by atoms with E-state index in [9.17, 15) is 4.79 Å². The van der Waals surface area contributed by atoms with Crippen molar-refractivity contribution in [3.63, 3.8) is 0 Å². The standard InChI is InChI=1S/C14H21N5O2S/c1-4-21-7-5-6-15-12(20)9-22-14-17-13-16-10(2)8-11(3)19(13)18-14/h8H,4-7,9H2,1-3H3,(H,15,20). The van der Waals surface area contributed by atoms with Gasteiger partial charge in [-0.25, -0.2) is 9.50 Å². The Hall–Kier alpha value is -1.67. The van der Waals surface area contributed by atoms with Crippen LogP contribution in [0, 0.1) is 13.8 Å². The Kier molecular flexibility index (Phi) is 6.14. The van der Waals surface area contributed by atoms with Gasteiger partial charge in [-0.1, -0.05) is 11.8 Å². The van der Waals surface area contributed by atoms with E-state index in [1.165, 1.54) is 11.8 Å². The first-order valence-corrected chi connectivity index (χ1v) is 8.27. The molecule has 0 aromatic carbocycles. The van der Waals surface area contributed by atoms with Crippen LogP contribution < -0.4 is 5.32 Å². The molecule has 0 unspecified atom stereocenters. The van der Waals surface area contributed by atoms with Crippen molar-refractivity contribution in [2.24, 2.45) is 0 Å². The number of aromatic nitrogens is 4. The molecule has 2 aromatic rings. The fourth-order valence-corrected chi connectivity index (χ4v) is 2.58. The lowest BCUT2D eigenvalue weighted by atomic mass is 10.4. The van der Waals surface area contributed by atoms with Crippen LogP contribution in [0.25, 0.3) is 5.78 Å². The summed E-state index contributed by atoms with van der Waals surface area (Å²) in [6.07, 6.45) is 0.819. The zero-order chi connectivity index (χ0) is 15.9. The van der Waals surface area contributed by atoms with Gasteiger partial charge < -0.3 is 10.1 Å². The molecule has 0 aliphatic carbocycles. The summed E-state index contributed by atoms with van der Waals surface area (Å²) in [5, 5.41) is 7.76. The van der Waals surface area contributed by atoms with Gasteiger partial charge in [0, 0.05) is 31.1 Å². The minimum atomic E-state index is -0.0267. The van der Waals surface area contributed by atoms with Crippen molar-refractivity contribution in [2.45, 2.75) is 32.3 Å². The van der Waals surface area contributed by atoms with Gasteiger partial charge in [-0.15, -0.1) is 5.10 Å². The van der Waals surface area contributed by atoms with Gasteiger partial charge in [0.15, 0.2) is 0 Å². The number of amides is 1. The van der Waals surface area contributed by atoms with Gasteiger partial charge in [0.25, 0.3) is 5.78 Å². The Labute approximate surface area is 133 Å². The molecule has 0 fully saturated rings. The first-order valence-electron chi connectivity index (χ1n) is 7.28. The minimum Gasteiger partial charge on any atom is -0.382 e. The predicted molar refractivity (Wildman–Crippen MR) is 85.1 cm³/mol. The van der Waals surface area contributed by atoms with Crippen molar-refractivity contribution >= 4 is 23.4 Å². The molecular weight excluding hydrogens is 302 g/mol. The summed E-state index contributed by atoms with van der Waals surface area (Å²) >= 11 is 1.31. The molecule has 0 aliphatic rings. The van der Waals surface area contributed by atoms with Crippen molar-refractivity contribution in [1.29, 1.82) is 0 Å². The van der Waals surface area contributed by atoms with Gasteiger partial charge in [0.05, 0.1) is 5.75 Å². The van der Waals surface area contributed by atoms with Crippen LogP contribution in [-0.4, -0.2) is 51.0 Å². The molecule has 2 heterocycles. The Morgan fingerprint density at radius 1 is 1.41 bits per heavy atom. The van der Waals surface area contributed by atoms with E-state index in [0.29, 0.717) is 36.4 Å². The number of thioether (sulfide) groups is 1. The van der Waals surface area contributed by atoms with Crippen molar-refractivity contribution < 1.29 is 9.53 Å². The van der Waals surface area contributed by atoms with Crippen molar-refractivity contribution in [2.75, 3.05) is 25.5 Å². The highest BCUT2D eigenvalue weighted by Gasteiger charge is 2.10. The molecule has 7 nitrogen and oxygen atoms in total. The fourth-order valence-electron chi connectivity index (χ4n) is 1.94. The smallest absolute Gasteiger partial charge is 0.253 e. The maximum absolute atomic E-state index is 11.7. The second-order valence-electron chi connectivity index (χ2n) is 4.83. The van der Waals surface area contributed by atoms with Crippen molar-refractivity contribution in [3.8, 4) is 0 Å². The number of ether oxygens (including phenoxy) is 1. The molecule has 1 N–H and O–H groups in total. The zero-order valence-electron chi connectivity index (χ0n) is 13.1. The summed E-state index contributed by atoms with van der Waals surface area (Å²) in [5.74, 6) is 0.835. The highest BCUT2D eigenvalue weighted by Crippen LogP contribution is 2.14. The van der Waals surface area contributed by atoms with Gasteiger partial charge >= 0.3 is 0 Å². The first kappa shape index (κ1) is 16.7. The number of carbonyl (C=O) groups excluding carboxylic acids is 1. The van der Waals surface area contributed by atoms with E-state index in [1.807, 2.05) is 26.8 Å². The summed E-state index contributed by atoms with van der Waals surface area (Å²) in [6.45, 7) is 7.82. The first-order chi connectivity index (χ1) is 10.6. The Morgan fingerprint density at radius 2 is 2.23 bits per heavy atom. The minimum absolute atomic E-state index is 0.0267. The van der Waals surface area contributed by atoms with Gasteiger partial charge in [-0.3, -0.25) is 4.79 Å². The number of rotatable bonds is 8. The van der Waals surface area contributed by atoms with E-state index in [-0.39, 0.29) is 5.91 Å². The fraction of sp³-hybridized carbons (Fsp3) is 0.571. The number of aryl methyl sites for hydroxylation is 2. The van der Waals surface area contributed by atoms with Crippen LogP contribution in [0.15, 0.2) is 11.2 Å². The summed E-state index contributed by atoms with van der Waals surface area (Å²) in [5.41, 5.74) is 1.88. The van der Waals surface area contributed by atoms with E-state index in [1.54, 1.807) is 4.52 Å². The molecule has 0 aliphatic heterocycles. The SMILES string of the molecule is CCOCCCNC(=O)CSc1nc2nc(C)cc(C)n2n1. The van der Waals surface area contributed by atoms with Crippen LogP contribution in [0.3, 0.4) is 0 Å².